The first kappa shape index (κ1) is 9.08. The summed E-state index contributed by atoms with van der Waals surface area (Å²) >= 11 is 0. The normalized spacial score (nSPS) is 21.7. The first-order valence-corrected chi connectivity index (χ1v) is 4.53. The number of aryl methyl sites for hydroxylation is 1. The molecule has 1 aliphatic heterocycles. The summed E-state index contributed by atoms with van der Waals surface area (Å²) in [5.74, 6) is 0.537. The Labute approximate surface area is 82.0 Å². The molecule has 1 amide bonds. The van der Waals surface area contributed by atoms with Gasteiger partial charge in [0.15, 0.2) is 5.82 Å². The van der Waals surface area contributed by atoms with Crippen LogP contribution in [0.25, 0.3) is 0 Å². The van der Waals surface area contributed by atoms with Crippen molar-refractivity contribution in [1.29, 1.82) is 0 Å². The van der Waals surface area contributed by atoms with E-state index in [1.807, 2.05) is 0 Å². The summed E-state index contributed by atoms with van der Waals surface area (Å²) < 4.78 is 0. The topological polar surface area (TPSA) is 72.1 Å². The third-order valence-electron chi connectivity index (χ3n) is 2.41. The molecule has 0 fully saturated rings. The summed E-state index contributed by atoms with van der Waals surface area (Å²) in [6.07, 6.45) is 4.56. The van der Waals surface area contributed by atoms with Gasteiger partial charge in [-0.15, -0.1) is 0 Å². The lowest BCUT2D eigenvalue weighted by Crippen LogP contribution is -2.40. The zero-order valence-corrected chi connectivity index (χ0v) is 7.97. The van der Waals surface area contributed by atoms with Gasteiger partial charge in [-0.2, -0.15) is 0 Å². The van der Waals surface area contributed by atoms with Crippen LogP contribution in [0.5, 0.6) is 0 Å². The quantitative estimate of drug-likeness (QED) is 0.613. The lowest BCUT2D eigenvalue weighted by molar-refractivity contribution is -0.119. The molecule has 0 aliphatic carbocycles. The van der Waals surface area contributed by atoms with E-state index in [0.717, 1.165) is 5.69 Å². The second-order valence-electron chi connectivity index (χ2n) is 3.37. The van der Waals surface area contributed by atoms with Gasteiger partial charge in [0.2, 0.25) is 5.91 Å². The second kappa shape index (κ2) is 3.34. The van der Waals surface area contributed by atoms with E-state index in [1.54, 1.807) is 19.4 Å². The molecule has 1 atom stereocenters. The maximum absolute atomic E-state index is 11.6. The van der Waals surface area contributed by atoms with Gasteiger partial charge >= 0.3 is 0 Å². The van der Waals surface area contributed by atoms with Gasteiger partial charge in [0.25, 0.3) is 0 Å². The average molecular weight is 192 g/mol. The van der Waals surface area contributed by atoms with Crippen molar-refractivity contribution in [2.24, 2.45) is 5.73 Å². The second-order valence-corrected chi connectivity index (χ2v) is 3.37. The molecule has 0 radical (unpaired) electrons. The van der Waals surface area contributed by atoms with Crippen LogP contribution in [-0.4, -0.2) is 29.0 Å². The summed E-state index contributed by atoms with van der Waals surface area (Å²) in [4.78, 5) is 21.4. The van der Waals surface area contributed by atoms with Crippen LogP contribution in [0.2, 0.25) is 0 Å². The lowest BCUT2D eigenvalue weighted by atomic mass is 10.1. The third-order valence-corrected chi connectivity index (χ3v) is 2.41. The van der Waals surface area contributed by atoms with Crippen LogP contribution in [-0.2, 0) is 11.2 Å². The molecule has 0 aromatic carbocycles. The van der Waals surface area contributed by atoms with Crippen LogP contribution < -0.4 is 10.6 Å². The minimum Gasteiger partial charge on any atom is -0.320 e. The molecule has 0 spiro atoms. The Bertz CT molecular complexity index is 366. The highest BCUT2D eigenvalue weighted by Crippen LogP contribution is 2.20. The lowest BCUT2D eigenvalue weighted by Gasteiger charge is -2.17. The molecule has 0 bridgehead atoms. The fraction of sp³-hybridized carbons (Fsp3) is 0.444. The first-order chi connectivity index (χ1) is 6.70. The molecule has 74 valence electrons. The maximum Gasteiger partial charge on any atom is 0.244 e. The van der Waals surface area contributed by atoms with Crippen molar-refractivity contribution in [2.75, 3.05) is 11.9 Å². The summed E-state index contributed by atoms with van der Waals surface area (Å²) in [7, 11) is 1.68. The standard InChI is InChI=1S/C9H12N4O/c1-13-8-7(11-4-5-12-8)3-2-6(10)9(13)14/h4-6H,2-3,10H2,1H3. The minimum atomic E-state index is -0.434. The molecule has 2 rings (SSSR count). The zero-order valence-electron chi connectivity index (χ0n) is 7.97. The van der Waals surface area contributed by atoms with E-state index in [2.05, 4.69) is 9.97 Å². The molecule has 0 saturated heterocycles. The fourth-order valence-corrected chi connectivity index (χ4v) is 1.58. The van der Waals surface area contributed by atoms with E-state index in [-0.39, 0.29) is 5.91 Å². The van der Waals surface area contributed by atoms with E-state index in [9.17, 15) is 4.79 Å². The number of aromatic nitrogens is 2. The van der Waals surface area contributed by atoms with Gasteiger partial charge in [0, 0.05) is 19.4 Å². The number of likely N-dealkylation sites (N-methyl/N-ethyl adjacent to an activating group) is 1. The Morgan fingerprint density at radius 2 is 2.21 bits per heavy atom. The number of carbonyl (C=O) groups is 1. The van der Waals surface area contributed by atoms with Crippen molar-refractivity contribution in [3.05, 3.63) is 18.1 Å². The smallest absolute Gasteiger partial charge is 0.244 e. The number of anilines is 1. The van der Waals surface area contributed by atoms with Crippen LogP contribution in [0.3, 0.4) is 0 Å². The van der Waals surface area contributed by atoms with Crippen molar-refractivity contribution in [2.45, 2.75) is 18.9 Å². The van der Waals surface area contributed by atoms with Gasteiger partial charge in [-0.3, -0.25) is 14.7 Å². The molecule has 1 aliphatic rings. The summed E-state index contributed by atoms with van der Waals surface area (Å²) in [5, 5.41) is 0. The van der Waals surface area contributed by atoms with E-state index in [1.165, 1.54) is 4.90 Å². The highest BCUT2D eigenvalue weighted by atomic mass is 16.2. The molecule has 2 heterocycles. The van der Waals surface area contributed by atoms with Crippen LogP contribution in [0.15, 0.2) is 12.4 Å². The predicted molar refractivity (Wildman–Crippen MR) is 51.7 cm³/mol. The SMILES string of the molecule is CN1C(=O)C(N)CCc2nccnc21. The molecule has 14 heavy (non-hydrogen) atoms. The van der Waals surface area contributed by atoms with Crippen molar-refractivity contribution < 1.29 is 4.79 Å². The highest BCUT2D eigenvalue weighted by molar-refractivity contribution is 5.96. The number of amides is 1. The van der Waals surface area contributed by atoms with Crippen LogP contribution >= 0.6 is 0 Å². The molecule has 1 aromatic rings. The average Bonchev–Trinajstić information content (AvgIpc) is 2.32. The van der Waals surface area contributed by atoms with Gasteiger partial charge in [-0.25, -0.2) is 4.98 Å². The van der Waals surface area contributed by atoms with Gasteiger partial charge in [0.05, 0.1) is 11.7 Å². The number of nitrogens with two attached hydrogens (primary N) is 1. The summed E-state index contributed by atoms with van der Waals surface area (Å²) in [6.45, 7) is 0. The summed E-state index contributed by atoms with van der Waals surface area (Å²) in [6, 6.07) is -0.434. The number of fused-ring (bicyclic) bond motifs is 1. The van der Waals surface area contributed by atoms with Crippen molar-refractivity contribution in [3.8, 4) is 0 Å². The number of carbonyl (C=O) groups excluding carboxylic acids is 1. The minimum absolute atomic E-state index is 0.0933. The first-order valence-electron chi connectivity index (χ1n) is 4.53. The predicted octanol–water partition coefficient (Wildman–Crippen LogP) is -0.287. The Kier molecular flexibility index (Phi) is 2.17. The molecule has 1 unspecified atom stereocenters. The number of hydrogen-bond donors (Lipinski definition) is 1. The molecular weight excluding hydrogens is 180 g/mol. The van der Waals surface area contributed by atoms with Crippen LogP contribution in [0.1, 0.15) is 12.1 Å². The molecule has 2 N–H and O–H groups in total. The van der Waals surface area contributed by atoms with Crippen molar-refractivity contribution >= 4 is 11.7 Å². The van der Waals surface area contributed by atoms with Crippen molar-refractivity contribution in [3.63, 3.8) is 0 Å². The van der Waals surface area contributed by atoms with Gasteiger partial charge < -0.3 is 5.73 Å². The van der Waals surface area contributed by atoms with Gasteiger partial charge in [-0.05, 0) is 12.8 Å². The number of rotatable bonds is 0. The van der Waals surface area contributed by atoms with E-state index in [0.29, 0.717) is 18.7 Å². The Morgan fingerprint density at radius 1 is 1.50 bits per heavy atom. The highest BCUT2D eigenvalue weighted by Gasteiger charge is 2.26. The Morgan fingerprint density at radius 3 is 3.00 bits per heavy atom. The maximum atomic E-state index is 11.6. The molecular formula is C9H12N4O. The molecule has 5 nitrogen and oxygen atoms in total. The summed E-state index contributed by atoms with van der Waals surface area (Å²) in [5.41, 5.74) is 6.55. The van der Waals surface area contributed by atoms with Crippen LogP contribution in [0.4, 0.5) is 5.82 Å². The van der Waals surface area contributed by atoms with Crippen LogP contribution in [0, 0.1) is 0 Å². The van der Waals surface area contributed by atoms with E-state index >= 15 is 0 Å². The number of nitrogens with zero attached hydrogens (tertiary/aromatic N) is 3. The Balaban J connectivity index is 2.45. The van der Waals surface area contributed by atoms with Gasteiger partial charge in [0.1, 0.15) is 0 Å². The molecule has 0 saturated carbocycles. The fourth-order valence-electron chi connectivity index (χ4n) is 1.58. The monoisotopic (exact) mass is 192 g/mol. The molecule has 5 heteroatoms. The Hall–Kier alpha value is -1.49. The zero-order chi connectivity index (χ0) is 10.1. The largest absolute Gasteiger partial charge is 0.320 e. The van der Waals surface area contributed by atoms with Gasteiger partial charge in [-0.1, -0.05) is 0 Å². The molecule has 1 aromatic heterocycles. The van der Waals surface area contributed by atoms with Crippen molar-refractivity contribution in [1.82, 2.24) is 9.97 Å². The van der Waals surface area contributed by atoms with E-state index in [4.69, 9.17) is 5.73 Å². The third kappa shape index (κ3) is 1.35. The number of hydrogen-bond acceptors (Lipinski definition) is 4. The van der Waals surface area contributed by atoms with E-state index < -0.39 is 6.04 Å².